The Morgan fingerprint density at radius 3 is 2.78 bits per heavy atom. The Balaban J connectivity index is 2.36. The van der Waals surface area contributed by atoms with E-state index in [2.05, 4.69) is 26.0 Å². The Kier molecular flexibility index (Phi) is 3.86. The standard InChI is InChI=1S/C15H25NOS/c1-11-5-4-8-15(9-11,10-16)14(3,17)13-7-6-12(2)18-13/h6-7,11,17H,4-5,8-10,16H2,1-3H3. The fraction of sp³-hybridized carbons (Fsp3) is 0.733. The minimum atomic E-state index is -0.796. The molecule has 18 heavy (non-hydrogen) atoms. The lowest BCUT2D eigenvalue weighted by Gasteiger charge is -2.48. The van der Waals surface area contributed by atoms with Crippen molar-refractivity contribution in [2.75, 3.05) is 6.54 Å². The van der Waals surface area contributed by atoms with Crippen molar-refractivity contribution >= 4 is 11.3 Å². The Bertz CT molecular complexity index is 412. The first-order valence-electron chi connectivity index (χ1n) is 6.91. The van der Waals surface area contributed by atoms with Gasteiger partial charge in [0.1, 0.15) is 5.60 Å². The molecule has 1 fully saturated rings. The summed E-state index contributed by atoms with van der Waals surface area (Å²) < 4.78 is 0. The fourth-order valence-corrected chi connectivity index (χ4v) is 4.48. The summed E-state index contributed by atoms with van der Waals surface area (Å²) in [5.74, 6) is 0.662. The van der Waals surface area contributed by atoms with Gasteiger partial charge in [0.25, 0.3) is 0 Å². The van der Waals surface area contributed by atoms with Gasteiger partial charge in [-0.25, -0.2) is 0 Å². The van der Waals surface area contributed by atoms with Crippen molar-refractivity contribution in [3.63, 3.8) is 0 Å². The predicted molar refractivity (Wildman–Crippen MR) is 77.7 cm³/mol. The van der Waals surface area contributed by atoms with Gasteiger partial charge in [-0.2, -0.15) is 0 Å². The highest BCUT2D eigenvalue weighted by Crippen LogP contribution is 2.51. The maximum atomic E-state index is 11.1. The number of rotatable bonds is 3. The normalized spacial score (nSPS) is 32.2. The summed E-state index contributed by atoms with van der Waals surface area (Å²) in [4.78, 5) is 2.32. The van der Waals surface area contributed by atoms with Gasteiger partial charge in [-0.1, -0.05) is 19.8 Å². The second kappa shape index (κ2) is 4.95. The van der Waals surface area contributed by atoms with Crippen molar-refractivity contribution in [2.45, 2.75) is 52.1 Å². The molecule has 0 aliphatic heterocycles. The monoisotopic (exact) mass is 267 g/mol. The highest BCUT2D eigenvalue weighted by molar-refractivity contribution is 7.12. The minimum Gasteiger partial charge on any atom is -0.384 e. The fourth-order valence-electron chi connectivity index (χ4n) is 3.44. The predicted octanol–water partition coefficient (Wildman–Crippen LogP) is 3.42. The summed E-state index contributed by atoms with van der Waals surface area (Å²) in [7, 11) is 0. The van der Waals surface area contributed by atoms with E-state index in [9.17, 15) is 5.11 Å². The highest BCUT2D eigenvalue weighted by Gasteiger charge is 2.49. The number of nitrogens with two attached hydrogens (primary N) is 1. The zero-order chi connectivity index (χ0) is 13.4. The van der Waals surface area contributed by atoms with E-state index < -0.39 is 5.60 Å². The van der Waals surface area contributed by atoms with Gasteiger partial charge < -0.3 is 10.8 Å². The molecular formula is C15H25NOS. The molecular weight excluding hydrogens is 242 g/mol. The van der Waals surface area contributed by atoms with Crippen molar-refractivity contribution in [3.8, 4) is 0 Å². The van der Waals surface area contributed by atoms with E-state index in [1.165, 1.54) is 17.7 Å². The summed E-state index contributed by atoms with van der Waals surface area (Å²) in [6.07, 6.45) is 4.52. The Labute approximate surface area is 114 Å². The first-order valence-corrected chi connectivity index (χ1v) is 7.72. The smallest absolute Gasteiger partial charge is 0.103 e. The van der Waals surface area contributed by atoms with Gasteiger partial charge >= 0.3 is 0 Å². The number of aryl methyl sites for hydroxylation is 1. The van der Waals surface area contributed by atoms with E-state index >= 15 is 0 Å². The zero-order valence-electron chi connectivity index (χ0n) is 11.7. The molecule has 3 atom stereocenters. The van der Waals surface area contributed by atoms with E-state index in [1.54, 1.807) is 11.3 Å². The third kappa shape index (κ3) is 2.24. The molecule has 3 heteroatoms. The first-order chi connectivity index (χ1) is 8.41. The first kappa shape index (κ1) is 14.0. The summed E-state index contributed by atoms with van der Waals surface area (Å²) >= 11 is 1.70. The van der Waals surface area contributed by atoms with E-state index in [0.29, 0.717) is 12.5 Å². The van der Waals surface area contributed by atoms with Gasteiger partial charge in [-0.15, -0.1) is 11.3 Å². The lowest BCUT2D eigenvalue weighted by Crippen LogP contribution is -2.50. The second-order valence-corrected chi connectivity index (χ2v) is 7.46. The molecule has 0 aromatic carbocycles. The average molecular weight is 267 g/mol. The zero-order valence-corrected chi connectivity index (χ0v) is 12.5. The van der Waals surface area contributed by atoms with Crippen LogP contribution in [-0.4, -0.2) is 11.7 Å². The SMILES string of the molecule is Cc1ccc(C(C)(O)C2(CN)CCCC(C)C2)s1. The van der Waals surface area contributed by atoms with Gasteiger partial charge in [0.15, 0.2) is 0 Å². The molecule has 102 valence electrons. The molecule has 1 heterocycles. The Morgan fingerprint density at radius 1 is 1.56 bits per heavy atom. The van der Waals surface area contributed by atoms with Crippen LogP contribution in [-0.2, 0) is 5.60 Å². The molecule has 2 rings (SSSR count). The molecule has 3 N–H and O–H groups in total. The third-order valence-electron chi connectivity index (χ3n) is 4.74. The van der Waals surface area contributed by atoms with Crippen LogP contribution >= 0.6 is 11.3 Å². The molecule has 0 amide bonds. The van der Waals surface area contributed by atoms with Gasteiger partial charge in [0.05, 0.1) is 0 Å². The van der Waals surface area contributed by atoms with Crippen LogP contribution in [0.25, 0.3) is 0 Å². The van der Waals surface area contributed by atoms with Gasteiger partial charge in [-0.05, 0) is 44.7 Å². The molecule has 1 aromatic rings. The lowest BCUT2D eigenvalue weighted by molar-refractivity contribution is -0.0980. The molecule has 0 saturated heterocycles. The summed E-state index contributed by atoms with van der Waals surface area (Å²) in [6.45, 7) is 6.90. The lowest BCUT2D eigenvalue weighted by atomic mass is 9.61. The summed E-state index contributed by atoms with van der Waals surface area (Å²) in [5.41, 5.74) is 5.13. The minimum absolute atomic E-state index is 0.151. The summed E-state index contributed by atoms with van der Waals surface area (Å²) in [5, 5.41) is 11.1. The number of hydrogen-bond acceptors (Lipinski definition) is 3. The van der Waals surface area contributed by atoms with Gasteiger partial charge in [0, 0.05) is 21.7 Å². The van der Waals surface area contributed by atoms with Crippen molar-refractivity contribution < 1.29 is 5.11 Å². The Morgan fingerprint density at radius 2 is 2.28 bits per heavy atom. The van der Waals surface area contributed by atoms with Crippen LogP contribution < -0.4 is 5.73 Å². The topological polar surface area (TPSA) is 46.2 Å². The average Bonchev–Trinajstić information content (AvgIpc) is 2.76. The number of thiophene rings is 1. The maximum absolute atomic E-state index is 11.1. The van der Waals surface area contributed by atoms with E-state index in [-0.39, 0.29) is 5.41 Å². The van der Waals surface area contributed by atoms with Crippen LogP contribution in [0.1, 0.15) is 49.3 Å². The maximum Gasteiger partial charge on any atom is 0.103 e. The summed E-state index contributed by atoms with van der Waals surface area (Å²) in [6, 6.07) is 4.15. The van der Waals surface area contributed by atoms with Gasteiger partial charge in [-0.3, -0.25) is 0 Å². The van der Waals surface area contributed by atoms with E-state index in [0.717, 1.165) is 17.7 Å². The van der Waals surface area contributed by atoms with Crippen LogP contribution in [0.15, 0.2) is 12.1 Å². The largest absolute Gasteiger partial charge is 0.384 e. The molecule has 1 aromatic heterocycles. The quantitative estimate of drug-likeness (QED) is 0.881. The molecule has 2 nitrogen and oxygen atoms in total. The van der Waals surface area contributed by atoms with Crippen LogP contribution in [0, 0.1) is 18.3 Å². The van der Waals surface area contributed by atoms with Gasteiger partial charge in [0.2, 0.25) is 0 Å². The van der Waals surface area contributed by atoms with Crippen molar-refractivity contribution in [2.24, 2.45) is 17.1 Å². The highest BCUT2D eigenvalue weighted by atomic mass is 32.1. The third-order valence-corrected chi connectivity index (χ3v) is 5.95. The van der Waals surface area contributed by atoms with E-state index in [1.807, 2.05) is 6.92 Å². The molecule has 0 spiro atoms. The van der Waals surface area contributed by atoms with Crippen LogP contribution in [0.3, 0.4) is 0 Å². The molecule has 0 radical (unpaired) electrons. The van der Waals surface area contributed by atoms with Crippen LogP contribution in [0.5, 0.6) is 0 Å². The molecule has 1 aliphatic rings. The molecule has 0 bridgehead atoms. The van der Waals surface area contributed by atoms with Crippen molar-refractivity contribution in [1.29, 1.82) is 0 Å². The molecule has 3 unspecified atom stereocenters. The number of hydrogen-bond donors (Lipinski definition) is 2. The van der Waals surface area contributed by atoms with Crippen LogP contribution in [0.2, 0.25) is 0 Å². The van der Waals surface area contributed by atoms with Crippen molar-refractivity contribution in [3.05, 3.63) is 21.9 Å². The molecule has 1 aliphatic carbocycles. The van der Waals surface area contributed by atoms with Crippen molar-refractivity contribution in [1.82, 2.24) is 0 Å². The second-order valence-electron chi connectivity index (χ2n) is 6.17. The van der Waals surface area contributed by atoms with Crippen LogP contribution in [0.4, 0.5) is 0 Å². The van der Waals surface area contributed by atoms with E-state index in [4.69, 9.17) is 5.73 Å². The molecule has 1 saturated carbocycles. The Hall–Kier alpha value is -0.380. The number of aliphatic hydroxyl groups is 1.